The van der Waals surface area contributed by atoms with Crippen LogP contribution in [0.2, 0.25) is 0 Å². The van der Waals surface area contributed by atoms with Crippen LogP contribution in [0.15, 0.2) is 109 Å². The molecule has 0 aliphatic carbocycles. The SMILES string of the molecule is CC/C=C\C/C=C\C/C=C\C/C=C\C/C=C\CCCC(=O)OC(COCCC/C=C\C/C=C\C/C=C\C/C=C\CC)COC1OC(CO)C(O)C(O)C1O. The molecule has 9 nitrogen and oxygen atoms in total. The highest BCUT2D eigenvalue weighted by Gasteiger charge is 2.44. The molecule has 1 rings (SSSR count). The summed E-state index contributed by atoms with van der Waals surface area (Å²) >= 11 is 0. The van der Waals surface area contributed by atoms with E-state index in [9.17, 15) is 25.2 Å². The lowest BCUT2D eigenvalue weighted by Gasteiger charge is -2.39. The maximum atomic E-state index is 12.7. The third kappa shape index (κ3) is 26.6. The summed E-state index contributed by atoms with van der Waals surface area (Å²) in [6.45, 7) is 4.06. The highest BCUT2D eigenvalue weighted by molar-refractivity contribution is 5.69. The maximum absolute atomic E-state index is 12.7. The van der Waals surface area contributed by atoms with Gasteiger partial charge in [-0.3, -0.25) is 4.79 Å². The Hall–Kier alpha value is -3.15. The van der Waals surface area contributed by atoms with Crippen LogP contribution in [-0.4, -0.2) is 89.6 Å². The number of esters is 1. The average molecular weight is 755 g/mol. The van der Waals surface area contributed by atoms with Gasteiger partial charge in [-0.2, -0.15) is 0 Å². The van der Waals surface area contributed by atoms with E-state index in [2.05, 4.69) is 123 Å². The first kappa shape index (κ1) is 48.9. The topological polar surface area (TPSA) is 135 Å². The lowest BCUT2D eigenvalue weighted by atomic mass is 9.99. The van der Waals surface area contributed by atoms with Gasteiger partial charge >= 0.3 is 5.97 Å². The van der Waals surface area contributed by atoms with Crippen molar-refractivity contribution < 1.29 is 44.2 Å². The van der Waals surface area contributed by atoms with E-state index in [1.807, 2.05) is 0 Å². The first-order valence-corrected chi connectivity index (χ1v) is 20.0. The standard InChI is InChI=1S/C45H70O9/c1-3-5-7-9-11-13-15-17-19-20-21-22-24-26-28-30-32-34-41(47)53-39(38-52-45-44(50)43(49)42(48)40(36-46)54-45)37-51-35-33-31-29-27-25-23-18-16-14-12-10-8-6-4-2/h5-8,11-14,17-19,21-23,26-29,39-40,42-46,48-50H,3-4,9-10,15-16,20,24-25,30-38H2,1-2H3/b7-5-,8-6-,13-11-,14-12-,19-17-,22-21-,23-18-,28-26-,29-27-. The molecule has 0 spiro atoms. The molecule has 9 heteroatoms. The van der Waals surface area contributed by atoms with Gasteiger partial charge < -0.3 is 39.4 Å². The fourth-order valence-electron chi connectivity index (χ4n) is 5.12. The van der Waals surface area contributed by atoms with Crippen LogP contribution in [0.3, 0.4) is 0 Å². The lowest BCUT2D eigenvalue weighted by Crippen LogP contribution is -2.59. The molecule has 4 N–H and O–H groups in total. The number of rotatable bonds is 31. The Morgan fingerprint density at radius 3 is 1.50 bits per heavy atom. The first-order chi connectivity index (χ1) is 26.4. The molecular formula is C45H70O9. The van der Waals surface area contributed by atoms with Gasteiger partial charge in [-0.05, 0) is 83.5 Å². The van der Waals surface area contributed by atoms with Crippen LogP contribution >= 0.6 is 0 Å². The van der Waals surface area contributed by atoms with E-state index in [-0.39, 0.29) is 19.6 Å². The number of ether oxygens (including phenoxy) is 4. The molecule has 1 aliphatic rings. The molecule has 0 radical (unpaired) electrons. The molecular weight excluding hydrogens is 684 g/mol. The van der Waals surface area contributed by atoms with E-state index >= 15 is 0 Å². The Morgan fingerprint density at radius 1 is 0.593 bits per heavy atom. The second-order valence-corrected chi connectivity index (χ2v) is 13.0. The summed E-state index contributed by atoms with van der Waals surface area (Å²) < 4.78 is 22.6. The van der Waals surface area contributed by atoms with Crippen molar-refractivity contribution in [3.8, 4) is 0 Å². The van der Waals surface area contributed by atoms with E-state index in [4.69, 9.17) is 18.9 Å². The van der Waals surface area contributed by atoms with Gasteiger partial charge in [-0.25, -0.2) is 0 Å². The fraction of sp³-hybridized carbons (Fsp3) is 0.578. The third-order valence-electron chi connectivity index (χ3n) is 8.18. The zero-order valence-electron chi connectivity index (χ0n) is 32.9. The average Bonchev–Trinajstić information content (AvgIpc) is 3.17. The normalized spacial score (nSPS) is 22.1. The van der Waals surface area contributed by atoms with Crippen molar-refractivity contribution in [1.29, 1.82) is 0 Å². The minimum absolute atomic E-state index is 0.0755. The van der Waals surface area contributed by atoms with Gasteiger partial charge in [0.05, 0.1) is 19.8 Å². The molecule has 0 aromatic carbocycles. The Balaban J connectivity index is 2.42. The van der Waals surface area contributed by atoms with Crippen LogP contribution in [0, 0.1) is 0 Å². The van der Waals surface area contributed by atoms with Gasteiger partial charge in [0.1, 0.15) is 30.5 Å². The molecule has 0 amide bonds. The van der Waals surface area contributed by atoms with Gasteiger partial charge in [0.2, 0.25) is 0 Å². The highest BCUT2D eigenvalue weighted by atomic mass is 16.7. The van der Waals surface area contributed by atoms with E-state index in [0.717, 1.165) is 77.0 Å². The van der Waals surface area contributed by atoms with Gasteiger partial charge in [0, 0.05) is 13.0 Å². The molecule has 1 aliphatic heterocycles. The van der Waals surface area contributed by atoms with E-state index in [0.29, 0.717) is 13.0 Å². The van der Waals surface area contributed by atoms with Crippen LogP contribution in [0.5, 0.6) is 0 Å². The van der Waals surface area contributed by atoms with E-state index < -0.39 is 49.4 Å². The lowest BCUT2D eigenvalue weighted by molar-refractivity contribution is -0.305. The zero-order valence-corrected chi connectivity index (χ0v) is 32.9. The van der Waals surface area contributed by atoms with Gasteiger partial charge in [-0.15, -0.1) is 0 Å². The smallest absolute Gasteiger partial charge is 0.306 e. The predicted octanol–water partition coefficient (Wildman–Crippen LogP) is 8.24. The Kier molecular flexibility index (Phi) is 32.2. The second-order valence-electron chi connectivity index (χ2n) is 13.0. The number of carbonyl (C=O) groups excluding carboxylic acids is 1. The van der Waals surface area contributed by atoms with Crippen LogP contribution in [0.4, 0.5) is 0 Å². The number of carbonyl (C=O) groups is 1. The van der Waals surface area contributed by atoms with Gasteiger partial charge in [-0.1, -0.05) is 123 Å². The quantitative estimate of drug-likeness (QED) is 0.0314. The minimum atomic E-state index is -1.56. The molecule has 0 aromatic heterocycles. The molecule has 0 aromatic rings. The number of aliphatic hydroxyl groups excluding tert-OH is 4. The van der Waals surface area contributed by atoms with Crippen LogP contribution in [0.1, 0.15) is 104 Å². The van der Waals surface area contributed by atoms with Crippen molar-refractivity contribution in [1.82, 2.24) is 0 Å². The van der Waals surface area contributed by atoms with Gasteiger partial charge in [0.25, 0.3) is 0 Å². The fourth-order valence-corrected chi connectivity index (χ4v) is 5.12. The maximum Gasteiger partial charge on any atom is 0.306 e. The van der Waals surface area contributed by atoms with Crippen LogP contribution in [-0.2, 0) is 23.7 Å². The van der Waals surface area contributed by atoms with E-state index in [1.54, 1.807) is 0 Å². The number of allylic oxidation sites excluding steroid dienone is 18. The molecule has 54 heavy (non-hydrogen) atoms. The van der Waals surface area contributed by atoms with Crippen molar-refractivity contribution in [2.45, 2.75) is 141 Å². The predicted molar refractivity (Wildman–Crippen MR) is 219 cm³/mol. The Bertz CT molecular complexity index is 1180. The summed E-state index contributed by atoms with van der Waals surface area (Å²) in [5.41, 5.74) is 0. The van der Waals surface area contributed by atoms with Crippen LogP contribution in [0.25, 0.3) is 0 Å². The summed E-state index contributed by atoms with van der Waals surface area (Å²) in [5, 5.41) is 40.0. The van der Waals surface area contributed by atoms with Gasteiger partial charge in [0.15, 0.2) is 6.29 Å². The van der Waals surface area contributed by atoms with Crippen molar-refractivity contribution in [2.75, 3.05) is 26.4 Å². The summed E-state index contributed by atoms with van der Waals surface area (Å²) in [5.74, 6) is -0.395. The van der Waals surface area contributed by atoms with Crippen molar-refractivity contribution in [3.05, 3.63) is 109 Å². The number of aliphatic hydroxyl groups is 4. The largest absolute Gasteiger partial charge is 0.457 e. The zero-order chi connectivity index (χ0) is 39.3. The molecule has 1 heterocycles. The summed E-state index contributed by atoms with van der Waals surface area (Å²) in [6, 6.07) is 0. The molecule has 1 saturated heterocycles. The monoisotopic (exact) mass is 755 g/mol. The van der Waals surface area contributed by atoms with Crippen molar-refractivity contribution in [2.24, 2.45) is 0 Å². The van der Waals surface area contributed by atoms with Crippen molar-refractivity contribution in [3.63, 3.8) is 0 Å². The molecule has 1 fully saturated rings. The number of hydrogen-bond donors (Lipinski definition) is 4. The summed E-state index contributed by atoms with van der Waals surface area (Å²) in [7, 11) is 0. The third-order valence-corrected chi connectivity index (χ3v) is 8.18. The molecule has 0 saturated carbocycles. The van der Waals surface area contributed by atoms with Crippen molar-refractivity contribution >= 4 is 5.97 Å². The Labute approximate surface area is 325 Å². The summed E-state index contributed by atoms with van der Waals surface area (Å²) in [6.07, 6.45) is 42.7. The Morgan fingerprint density at radius 2 is 1.04 bits per heavy atom. The molecule has 0 bridgehead atoms. The number of unbranched alkanes of at least 4 members (excludes halogenated alkanes) is 2. The molecule has 6 atom stereocenters. The molecule has 304 valence electrons. The second kappa shape index (κ2) is 35.5. The molecule has 6 unspecified atom stereocenters. The first-order valence-electron chi connectivity index (χ1n) is 20.0. The highest BCUT2D eigenvalue weighted by Crippen LogP contribution is 2.22. The summed E-state index contributed by atoms with van der Waals surface area (Å²) in [4.78, 5) is 12.7. The van der Waals surface area contributed by atoms with Crippen LogP contribution < -0.4 is 0 Å². The van der Waals surface area contributed by atoms with E-state index in [1.165, 1.54) is 0 Å². The number of hydrogen-bond acceptors (Lipinski definition) is 9. The minimum Gasteiger partial charge on any atom is -0.457 e.